The first kappa shape index (κ1) is 12.8. The lowest BCUT2D eigenvalue weighted by Gasteiger charge is -2.09. The second-order valence-electron chi connectivity index (χ2n) is 5.18. The summed E-state index contributed by atoms with van der Waals surface area (Å²) in [5, 5.41) is 0. The molecule has 1 aliphatic carbocycles. The van der Waals surface area contributed by atoms with Crippen LogP contribution in [0.1, 0.15) is 15.9 Å². The smallest absolute Gasteiger partial charge is 0.225 e. The number of nitrogens with zero attached hydrogens (tertiary/aromatic N) is 1. The average Bonchev–Trinajstić information content (AvgIpc) is 2.88. The van der Waals surface area contributed by atoms with Crippen LogP contribution in [-0.2, 0) is 0 Å². The number of carbonyl (C=O) groups is 1. The minimum atomic E-state index is -0.0189. The van der Waals surface area contributed by atoms with E-state index < -0.39 is 0 Å². The summed E-state index contributed by atoms with van der Waals surface area (Å²) in [4.78, 5) is 17.1. The molecule has 3 nitrogen and oxygen atoms in total. The summed E-state index contributed by atoms with van der Waals surface area (Å²) in [5.74, 6) is 0.368. The van der Waals surface area contributed by atoms with Gasteiger partial charge in [0.05, 0.1) is 18.4 Å². The van der Waals surface area contributed by atoms with Crippen LogP contribution >= 0.6 is 0 Å². The standard InChI is InChI=1S/C19H13NO2/c1-22-19-17-15(13-9-5-6-10-14(13)18(17)21)11-16(20-19)12-7-3-2-4-8-12/h2-11H,1H3. The first-order chi connectivity index (χ1) is 10.8. The fourth-order valence-corrected chi connectivity index (χ4v) is 2.91. The molecule has 1 heterocycles. The molecule has 0 saturated carbocycles. The maximum Gasteiger partial charge on any atom is 0.225 e. The second-order valence-corrected chi connectivity index (χ2v) is 5.18. The van der Waals surface area contributed by atoms with Crippen molar-refractivity contribution in [1.82, 2.24) is 4.98 Å². The number of rotatable bonds is 2. The van der Waals surface area contributed by atoms with E-state index in [0.29, 0.717) is 17.0 Å². The van der Waals surface area contributed by atoms with E-state index in [-0.39, 0.29) is 5.78 Å². The third-order valence-corrected chi connectivity index (χ3v) is 3.94. The highest BCUT2D eigenvalue weighted by molar-refractivity contribution is 6.23. The Balaban J connectivity index is 2.01. The largest absolute Gasteiger partial charge is 0.480 e. The third-order valence-electron chi connectivity index (χ3n) is 3.94. The van der Waals surface area contributed by atoms with Crippen molar-refractivity contribution in [2.24, 2.45) is 0 Å². The van der Waals surface area contributed by atoms with E-state index in [1.165, 1.54) is 0 Å². The Morgan fingerprint density at radius 1 is 0.864 bits per heavy atom. The zero-order valence-electron chi connectivity index (χ0n) is 12.0. The average molecular weight is 287 g/mol. The summed E-state index contributed by atoms with van der Waals surface area (Å²) in [6, 6.07) is 19.5. The number of carbonyl (C=O) groups excluding carboxylic acids is 1. The van der Waals surface area contributed by atoms with Gasteiger partial charge in [-0.15, -0.1) is 0 Å². The van der Waals surface area contributed by atoms with Crippen LogP contribution in [-0.4, -0.2) is 17.9 Å². The number of hydrogen-bond donors (Lipinski definition) is 0. The van der Waals surface area contributed by atoms with Gasteiger partial charge in [-0.25, -0.2) is 4.98 Å². The molecule has 0 unspecified atom stereocenters. The minimum absolute atomic E-state index is 0.0189. The molecule has 0 spiro atoms. The van der Waals surface area contributed by atoms with Crippen molar-refractivity contribution < 1.29 is 9.53 Å². The first-order valence-electron chi connectivity index (χ1n) is 7.08. The van der Waals surface area contributed by atoms with Gasteiger partial charge in [-0.2, -0.15) is 0 Å². The van der Waals surface area contributed by atoms with E-state index in [4.69, 9.17) is 4.74 Å². The van der Waals surface area contributed by atoms with Gasteiger partial charge < -0.3 is 4.74 Å². The Hall–Kier alpha value is -2.94. The molecule has 3 aromatic rings. The molecule has 3 heteroatoms. The highest BCUT2D eigenvalue weighted by atomic mass is 16.5. The van der Waals surface area contributed by atoms with Gasteiger partial charge in [0.1, 0.15) is 0 Å². The van der Waals surface area contributed by atoms with Gasteiger partial charge in [0, 0.05) is 16.7 Å². The molecule has 0 saturated heterocycles. The SMILES string of the molecule is COc1nc(-c2ccccc2)cc2c1C(=O)c1ccccc1-2. The van der Waals surface area contributed by atoms with Crippen molar-refractivity contribution in [3.05, 3.63) is 71.8 Å². The Kier molecular flexibility index (Phi) is 2.79. The van der Waals surface area contributed by atoms with Crippen molar-refractivity contribution in [2.45, 2.75) is 0 Å². The maximum absolute atomic E-state index is 12.6. The highest BCUT2D eigenvalue weighted by Gasteiger charge is 2.31. The number of pyridine rings is 1. The summed E-state index contributed by atoms with van der Waals surface area (Å²) in [5.41, 5.74) is 4.92. The first-order valence-corrected chi connectivity index (χ1v) is 7.08. The van der Waals surface area contributed by atoms with Crippen molar-refractivity contribution in [1.29, 1.82) is 0 Å². The number of benzene rings is 2. The number of methoxy groups -OCH3 is 1. The van der Waals surface area contributed by atoms with Gasteiger partial charge in [0.15, 0.2) is 5.78 Å². The Morgan fingerprint density at radius 2 is 1.55 bits per heavy atom. The fraction of sp³-hybridized carbons (Fsp3) is 0.0526. The molecule has 1 aromatic heterocycles. The number of hydrogen-bond acceptors (Lipinski definition) is 3. The van der Waals surface area contributed by atoms with Crippen molar-refractivity contribution >= 4 is 5.78 Å². The van der Waals surface area contributed by atoms with Gasteiger partial charge in [0.2, 0.25) is 5.88 Å². The van der Waals surface area contributed by atoms with E-state index in [1.54, 1.807) is 7.11 Å². The van der Waals surface area contributed by atoms with Crippen molar-refractivity contribution in [3.8, 4) is 28.3 Å². The Bertz CT molecular complexity index is 885. The van der Waals surface area contributed by atoms with Crippen LogP contribution in [0.4, 0.5) is 0 Å². The van der Waals surface area contributed by atoms with Crippen LogP contribution < -0.4 is 4.74 Å². The Labute approximate surface area is 128 Å². The van der Waals surface area contributed by atoms with Crippen LogP contribution in [0.15, 0.2) is 60.7 Å². The lowest BCUT2D eigenvalue weighted by atomic mass is 10.0. The van der Waals surface area contributed by atoms with Crippen molar-refractivity contribution in [3.63, 3.8) is 0 Å². The van der Waals surface area contributed by atoms with Gasteiger partial charge >= 0.3 is 0 Å². The summed E-state index contributed by atoms with van der Waals surface area (Å²) < 4.78 is 5.39. The zero-order chi connectivity index (χ0) is 15.1. The molecule has 0 amide bonds. The molecule has 4 rings (SSSR count). The minimum Gasteiger partial charge on any atom is -0.480 e. The summed E-state index contributed by atoms with van der Waals surface area (Å²) in [7, 11) is 1.55. The normalized spacial score (nSPS) is 12.0. The number of aromatic nitrogens is 1. The van der Waals surface area contributed by atoms with E-state index in [9.17, 15) is 4.79 Å². The molecule has 1 aliphatic rings. The lowest BCUT2D eigenvalue weighted by Crippen LogP contribution is -2.02. The number of fused-ring (bicyclic) bond motifs is 3. The van der Waals surface area contributed by atoms with E-state index >= 15 is 0 Å². The molecule has 0 aliphatic heterocycles. The van der Waals surface area contributed by atoms with Gasteiger partial charge in [0.25, 0.3) is 0 Å². The molecule has 0 radical (unpaired) electrons. The summed E-state index contributed by atoms with van der Waals surface area (Å²) in [6.45, 7) is 0. The lowest BCUT2D eigenvalue weighted by molar-refractivity contribution is 0.104. The van der Waals surface area contributed by atoms with Gasteiger partial charge in [-0.3, -0.25) is 4.79 Å². The number of ether oxygens (including phenoxy) is 1. The van der Waals surface area contributed by atoms with E-state index in [0.717, 1.165) is 22.4 Å². The fourth-order valence-electron chi connectivity index (χ4n) is 2.91. The van der Waals surface area contributed by atoms with Crippen molar-refractivity contribution in [2.75, 3.05) is 7.11 Å². The van der Waals surface area contributed by atoms with Crippen LogP contribution in [0.5, 0.6) is 5.88 Å². The Morgan fingerprint density at radius 3 is 2.27 bits per heavy atom. The van der Waals surface area contributed by atoms with Crippen LogP contribution in [0.3, 0.4) is 0 Å². The summed E-state index contributed by atoms with van der Waals surface area (Å²) in [6.07, 6.45) is 0. The highest BCUT2D eigenvalue weighted by Crippen LogP contribution is 2.42. The van der Waals surface area contributed by atoms with E-state index in [1.807, 2.05) is 60.7 Å². The third kappa shape index (κ3) is 1.76. The number of ketones is 1. The predicted octanol–water partition coefficient (Wildman–Crippen LogP) is 3.97. The van der Waals surface area contributed by atoms with E-state index in [2.05, 4.69) is 4.98 Å². The van der Waals surface area contributed by atoms with Crippen LogP contribution in [0, 0.1) is 0 Å². The molecular formula is C19H13NO2. The molecule has 0 atom stereocenters. The zero-order valence-corrected chi connectivity index (χ0v) is 12.0. The monoisotopic (exact) mass is 287 g/mol. The maximum atomic E-state index is 12.6. The molecular weight excluding hydrogens is 274 g/mol. The molecule has 22 heavy (non-hydrogen) atoms. The van der Waals surface area contributed by atoms with Gasteiger partial charge in [-0.1, -0.05) is 54.6 Å². The molecule has 0 bridgehead atoms. The quantitative estimate of drug-likeness (QED) is 0.560. The summed E-state index contributed by atoms with van der Waals surface area (Å²) >= 11 is 0. The molecule has 2 aromatic carbocycles. The van der Waals surface area contributed by atoms with Gasteiger partial charge in [-0.05, 0) is 11.6 Å². The van der Waals surface area contributed by atoms with Crippen LogP contribution in [0.2, 0.25) is 0 Å². The van der Waals surface area contributed by atoms with Crippen LogP contribution in [0.25, 0.3) is 22.4 Å². The molecule has 0 fully saturated rings. The second kappa shape index (κ2) is 4.81. The molecule has 0 N–H and O–H groups in total. The predicted molar refractivity (Wildman–Crippen MR) is 85.1 cm³/mol. The topological polar surface area (TPSA) is 39.2 Å². The molecule has 106 valence electrons.